The molecule has 1 aromatic heterocycles. The molecule has 10 heterocycles. The van der Waals surface area contributed by atoms with Gasteiger partial charge in [-0.05, 0) is 57.6 Å². The fourth-order valence-electron chi connectivity index (χ4n) is 6.24. The number of nitrogens with one attached hydrogen (secondary N) is 9. The van der Waals surface area contributed by atoms with Crippen molar-refractivity contribution in [2.24, 2.45) is 5.73 Å². The highest BCUT2D eigenvalue weighted by Crippen LogP contribution is 2.21. The van der Waals surface area contributed by atoms with E-state index < -0.39 is 42.0 Å². The Balaban J connectivity index is 0.000000895. The molecule has 31 nitrogen and oxygen atoms in total. The Labute approximate surface area is 478 Å². The molecule has 83 heavy (non-hydrogen) atoms. The number of urea groups is 1. The van der Waals surface area contributed by atoms with Crippen molar-refractivity contribution in [1.29, 1.82) is 0 Å². The lowest BCUT2D eigenvalue weighted by molar-refractivity contribution is -0.191. The van der Waals surface area contributed by atoms with Crippen molar-refractivity contribution in [3.05, 3.63) is 62.9 Å². The van der Waals surface area contributed by atoms with Crippen molar-refractivity contribution in [2.45, 2.75) is 124 Å². The number of aromatic amines is 2. The molecule has 0 spiro atoms. The minimum absolute atomic E-state index is 0. The lowest BCUT2D eigenvalue weighted by Gasteiger charge is -2.22. The number of nitrogens with zero attached hydrogens (tertiary/aromatic N) is 1. The zero-order chi connectivity index (χ0) is 61.2. The number of rotatable bonds is 1. The fraction of sp³-hybridized carbons (Fsp3) is 0.558. The van der Waals surface area contributed by atoms with Gasteiger partial charge < -0.3 is 71.2 Å². The summed E-state index contributed by atoms with van der Waals surface area (Å²) in [5.74, 6) is -0.927. The number of hydrogen-bond acceptors (Lipinski definition) is 20. The van der Waals surface area contributed by atoms with Gasteiger partial charge in [0.05, 0.1) is 32.7 Å². The molecule has 31 heteroatoms. The molecule has 8 saturated heterocycles. The average Bonchev–Trinajstić information content (AvgIpc) is 4.40. The molecule has 0 bridgehead atoms. The van der Waals surface area contributed by atoms with Crippen molar-refractivity contribution in [2.75, 3.05) is 71.5 Å². The summed E-state index contributed by atoms with van der Waals surface area (Å²) in [4.78, 5) is 160. The normalized spacial score (nSPS) is 19.2. The van der Waals surface area contributed by atoms with Crippen LogP contribution in [0.5, 0.6) is 0 Å². The first-order valence-electron chi connectivity index (χ1n) is 26.2. The maximum atomic E-state index is 10.8. The molecule has 9 aliphatic heterocycles. The Hall–Kier alpha value is -9.19. The first kappa shape index (κ1) is 73.8. The summed E-state index contributed by atoms with van der Waals surface area (Å²) < 4.78 is 22.3. The Morgan fingerprint density at radius 2 is 1.14 bits per heavy atom. The van der Waals surface area contributed by atoms with Crippen molar-refractivity contribution >= 4 is 83.0 Å². The zero-order valence-corrected chi connectivity index (χ0v) is 46.4. The lowest BCUT2D eigenvalue weighted by Crippen LogP contribution is -2.48. The van der Waals surface area contributed by atoms with Gasteiger partial charge >= 0.3 is 35.8 Å². The predicted molar refractivity (Wildman–Crippen MR) is 294 cm³/mol. The van der Waals surface area contributed by atoms with Crippen LogP contribution in [0, 0.1) is 0 Å². The number of carbonyl (C=O) groups is 13. The highest BCUT2D eigenvalue weighted by Gasteiger charge is 2.32. The fourth-order valence-corrected chi connectivity index (χ4v) is 6.24. The molecule has 0 saturated carbocycles. The second-order valence-electron chi connectivity index (χ2n) is 17.6. The maximum Gasteiger partial charge on any atom is 0.508 e. The molecule has 11 N–H and O–H groups in total. The Kier molecular flexibility index (Phi) is 38.8. The maximum absolute atomic E-state index is 10.8. The van der Waals surface area contributed by atoms with Crippen LogP contribution in [0.4, 0.5) is 15.3 Å². The van der Waals surface area contributed by atoms with Gasteiger partial charge in [-0.3, -0.25) is 58.2 Å². The van der Waals surface area contributed by atoms with Crippen LogP contribution < -0.4 is 54.2 Å². The van der Waals surface area contributed by atoms with Crippen LogP contribution in [0.1, 0.15) is 111 Å². The number of ether oxygens (including phenoxy) is 5. The number of cyclic esters (lactones) is 5. The molecule has 10 amide bonds. The number of primary amides is 1. The number of H-pyrrole nitrogens is 2. The SMILES string of the molecule is C.CC1OC(=O)C(C)OC1=O.CCC(N)=O.CN1CCCC1=O.O=C1CCCCCCN1.O=C1CCCN1.O=C1CCCO1.O=C1CNC(=O)CN1.O=C1CNC(=O)N1.O=C1Cc2ccccc2N1.O=C1OCCO1.O=c1cc[nH]c(=O)[nH]1. The van der Waals surface area contributed by atoms with Gasteiger partial charge in [-0.2, -0.15) is 0 Å². The Bertz CT molecular complexity index is 2380. The van der Waals surface area contributed by atoms with Gasteiger partial charge in [-0.15, -0.1) is 0 Å². The number of carbonyl (C=O) groups excluding carboxylic acids is 13. The summed E-state index contributed by atoms with van der Waals surface area (Å²) in [5.41, 5.74) is 5.87. The first-order valence-corrected chi connectivity index (χ1v) is 26.2. The van der Waals surface area contributed by atoms with Crippen molar-refractivity contribution in [3.8, 4) is 0 Å². The van der Waals surface area contributed by atoms with Gasteiger partial charge in [0.2, 0.25) is 47.3 Å². The molecule has 2 atom stereocenters. The molecule has 11 rings (SSSR count). The topological polar surface area (TPSA) is 447 Å². The predicted octanol–water partition coefficient (Wildman–Crippen LogP) is -0.638. The molecule has 9 aliphatic rings. The van der Waals surface area contributed by atoms with E-state index in [2.05, 4.69) is 66.3 Å². The Morgan fingerprint density at radius 1 is 0.590 bits per heavy atom. The van der Waals surface area contributed by atoms with Crippen molar-refractivity contribution < 1.29 is 86.0 Å². The first-order chi connectivity index (χ1) is 39.0. The van der Waals surface area contributed by atoms with Crippen molar-refractivity contribution in [1.82, 2.24) is 46.8 Å². The van der Waals surface area contributed by atoms with Crippen LogP contribution in [-0.4, -0.2) is 171 Å². The number of amides is 10. The highest BCUT2D eigenvalue weighted by molar-refractivity contribution is 6.02. The third-order valence-electron chi connectivity index (χ3n) is 10.7. The molecule has 2 unspecified atom stereocenters. The number of aromatic nitrogens is 2. The van der Waals surface area contributed by atoms with Gasteiger partial charge in [0, 0.05) is 76.7 Å². The van der Waals surface area contributed by atoms with Gasteiger partial charge in [-0.25, -0.2) is 24.0 Å². The molecule has 462 valence electrons. The number of nitrogens with two attached hydrogens (primary N) is 1. The standard InChI is InChI=1S/C8H7NO.C7H13NO.C6H8O4.C5H9NO.C4H6N2O2.C4H4N2O2.C4H7NO.C4H6O2.C3H4N2O2.C3H7NO.C3H4O3.CH4/c10-8-5-6-3-1-2-4-7(6)9-8;9-7-5-3-1-2-4-6-8-7;1-3-5(7)10-4(2)6(8)9-3;1-6-4-2-3-5(6)7;7-3-1-5-4(8)2-6-3;7-3-1-2-5-4(8)6-3;6-4-2-1-3-5-4;5-4-2-1-3-6-4;6-2-1-4-3(7)5-2;1-2-3(4)5;4-3-5-1-2-6-3;/h1-4H,5H2,(H,9,10);1-6H2,(H,8,9);3-4H,1-2H3;2-4H2,1H3;1-2H2,(H,5,8)(H,6,7);1-2H,(H2,5,6,7,8);1-3H2,(H,5,6);1-3H2;1H2,(H2,4,5,6,7);2H2,1H3,(H2,4,5);1-2H2;1H4. The number of esters is 3. The number of fused-ring (bicyclic) bond motifs is 1. The van der Waals surface area contributed by atoms with Crippen LogP contribution in [0.2, 0.25) is 0 Å². The summed E-state index contributed by atoms with van der Waals surface area (Å²) in [7, 11) is 1.84. The van der Waals surface area contributed by atoms with E-state index in [0.29, 0.717) is 45.0 Å². The van der Waals surface area contributed by atoms with E-state index in [0.717, 1.165) is 82.3 Å². The monoisotopic (exact) mass is 1180 g/mol. The van der Waals surface area contributed by atoms with Gasteiger partial charge in [0.15, 0.2) is 12.2 Å². The molecular formula is C52H79N11O20. The van der Waals surface area contributed by atoms with Gasteiger partial charge in [-0.1, -0.05) is 45.4 Å². The lowest BCUT2D eigenvalue weighted by atomic mass is 10.1. The van der Waals surface area contributed by atoms with Crippen LogP contribution >= 0.6 is 0 Å². The summed E-state index contributed by atoms with van der Waals surface area (Å²) in [6, 6.07) is 8.59. The number of anilines is 1. The van der Waals surface area contributed by atoms with Crippen molar-refractivity contribution in [3.63, 3.8) is 0 Å². The number of imide groups is 1. The van der Waals surface area contributed by atoms with E-state index >= 15 is 0 Å². The third-order valence-corrected chi connectivity index (χ3v) is 10.7. The van der Waals surface area contributed by atoms with Gasteiger partial charge in [0.1, 0.15) is 13.2 Å². The van der Waals surface area contributed by atoms with E-state index in [1.807, 2.05) is 41.6 Å². The summed E-state index contributed by atoms with van der Waals surface area (Å²) >= 11 is 0. The number of para-hydroxylation sites is 1. The number of hydrogen-bond donors (Lipinski definition) is 10. The number of benzene rings is 1. The molecule has 0 radical (unpaired) electrons. The van der Waals surface area contributed by atoms with Gasteiger partial charge in [0.25, 0.3) is 5.56 Å². The largest absolute Gasteiger partial charge is 0.508 e. The second-order valence-corrected chi connectivity index (χ2v) is 17.6. The van der Waals surface area contributed by atoms with Crippen LogP contribution in [0.3, 0.4) is 0 Å². The van der Waals surface area contributed by atoms with E-state index in [1.165, 1.54) is 39.0 Å². The Morgan fingerprint density at radius 3 is 1.49 bits per heavy atom. The minimum Gasteiger partial charge on any atom is -0.466 e. The van der Waals surface area contributed by atoms with Crippen LogP contribution in [0.25, 0.3) is 0 Å². The van der Waals surface area contributed by atoms with Crippen LogP contribution in [-0.2, 0) is 82.8 Å². The van der Waals surface area contributed by atoms with E-state index in [-0.39, 0.29) is 79.9 Å². The smallest absolute Gasteiger partial charge is 0.466 e. The summed E-state index contributed by atoms with van der Waals surface area (Å²) in [6.45, 7) is 9.25. The molecule has 8 fully saturated rings. The molecule has 1 aromatic carbocycles. The third kappa shape index (κ3) is 38.2. The molecule has 0 aliphatic carbocycles. The summed E-state index contributed by atoms with van der Waals surface area (Å²) in [5, 5.41) is 17.3. The molecular weight excluding hydrogens is 1100 g/mol. The minimum atomic E-state index is -0.747. The number of likely N-dealkylation sites (tertiary alicyclic amines) is 1. The second kappa shape index (κ2) is 43.6. The van der Waals surface area contributed by atoms with E-state index in [1.54, 1.807) is 11.8 Å². The van der Waals surface area contributed by atoms with E-state index in [9.17, 15) is 71.9 Å². The van der Waals surface area contributed by atoms with Crippen LogP contribution in [0.15, 0.2) is 46.1 Å². The quantitative estimate of drug-likeness (QED) is 0.0964. The zero-order valence-electron chi connectivity index (χ0n) is 46.4. The molecule has 2 aromatic rings. The highest BCUT2D eigenvalue weighted by atomic mass is 16.8. The summed E-state index contributed by atoms with van der Waals surface area (Å²) in [6.07, 6.45) is 10.8. The average molecular weight is 1180 g/mol. The van der Waals surface area contributed by atoms with E-state index in [4.69, 9.17) is 0 Å². The number of piperazine rings is 1.